The summed E-state index contributed by atoms with van der Waals surface area (Å²) in [6.07, 6.45) is 0.931. The molecule has 3 aromatic carbocycles. The molecule has 7 aliphatic heterocycles. The standard InChI is InChI=1S/C32H37N3O8/c1-39-28-19-22-3-9-26(28)42-27-10-4-23(20-29(27)40-2)30(37)33-13-18-41-24-5-7-25(8-6-24)43-32(31(38)34-21-22)11-14-35(15-12-32)16-17-36/h3-10,19-20,36H,11-18,21H2,1-2H3,(H,33,37)(H,34,38). The van der Waals surface area contributed by atoms with Crippen LogP contribution in [0.25, 0.3) is 0 Å². The number of carbonyl (C=O) groups is 2. The van der Waals surface area contributed by atoms with E-state index in [4.69, 9.17) is 23.7 Å². The van der Waals surface area contributed by atoms with E-state index in [0.717, 1.165) is 5.56 Å². The molecule has 1 saturated heterocycles. The van der Waals surface area contributed by atoms with Crippen LogP contribution in [0.1, 0.15) is 28.8 Å². The minimum atomic E-state index is -1.08. The highest BCUT2D eigenvalue weighted by Gasteiger charge is 2.43. The van der Waals surface area contributed by atoms with E-state index in [1.54, 1.807) is 61.7 Å². The van der Waals surface area contributed by atoms with Gasteiger partial charge in [-0.2, -0.15) is 0 Å². The summed E-state index contributed by atoms with van der Waals surface area (Å²) in [5.74, 6) is 2.38. The molecule has 0 aliphatic carbocycles. The highest BCUT2D eigenvalue weighted by atomic mass is 16.5. The van der Waals surface area contributed by atoms with Crippen LogP contribution in [0, 0.1) is 0 Å². The molecule has 7 aliphatic rings. The van der Waals surface area contributed by atoms with E-state index < -0.39 is 5.60 Å². The SMILES string of the molecule is COc1cc2ccc1Oc1ccc(cc1OC)C(=O)NCCOc1ccc(cc1)OC1(CCN(CCO)CC1)C(=O)NC2. The number of benzene rings is 3. The van der Waals surface area contributed by atoms with Crippen molar-refractivity contribution in [3.05, 3.63) is 71.8 Å². The number of hydrogen-bond donors (Lipinski definition) is 3. The fourth-order valence-electron chi connectivity index (χ4n) is 5.18. The van der Waals surface area contributed by atoms with E-state index in [2.05, 4.69) is 15.5 Å². The van der Waals surface area contributed by atoms with Gasteiger partial charge in [0.15, 0.2) is 28.6 Å². The van der Waals surface area contributed by atoms with E-state index in [1.807, 2.05) is 6.07 Å². The number of aliphatic hydroxyl groups excluding tert-OH is 1. The van der Waals surface area contributed by atoms with E-state index in [0.29, 0.717) is 72.5 Å². The van der Waals surface area contributed by atoms with Crippen LogP contribution >= 0.6 is 0 Å². The number of nitrogens with zero attached hydrogens (tertiary/aromatic N) is 1. The van der Waals surface area contributed by atoms with Crippen molar-refractivity contribution in [2.45, 2.75) is 25.0 Å². The molecule has 10 rings (SSSR count). The Morgan fingerprint density at radius 3 is 2.26 bits per heavy atom. The Balaban J connectivity index is 1.44. The molecule has 0 unspecified atom stereocenters. The molecule has 6 bridgehead atoms. The summed E-state index contributed by atoms with van der Waals surface area (Å²) in [5.41, 5.74) is 0.145. The molecule has 0 atom stereocenters. The topological polar surface area (TPSA) is 128 Å². The number of methoxy groups -OCH3 is 2. The number of β-amino-alcohol motifs (C(OH)–C–C–N with tert-alkyl or cyclic N) is 1. The van der Waals surface area contributed by atoms with Gasteiger partial charge in [-0.25, -0.2) is 0 Å². The molecule has 11 heteroatoms. The molecule has 228 valence electrons. The van der Waals surface area contributed by atoms with Crippen molar-refractivity contribution in [3.63, 3.8) is 0 Å². The van der Waals surface area contributed by atoms with Crippen LogP contribution in [0.5, 0.6) is 34.5 Å². The van der Waals surface area contributed by atoms with Crippen molar-refractivity contribution in [1.29, 1.82) is 0 Å². The lowest BCUT2D eigenvalue weighted by molar-refractivity contribution is -0.141. The van der Waals surface area contributed by atoms with Gasteiger partial charge in [-0.1, -0.05) is 6.07 Å². The molecule has 3 N–H and O–H groups in total. The summed E-state index contributed by atoms with van der Waals surface area (Å²) in [4.78, 5) is 28.6. The second-order valence-corrected chi connectivity index (χ2v) is 10.4. The van der Waals surface area contributed by atoms with Gasteiger partial charge in [-0.05, 0) is 60.2 Å². The van der Waals surface area contributed by atoms with Crippen LogP contribution in [-0.2, 0) is 11.3 Å². The Hall–Kier alpha value is -4.48. The number of likely N-dealkylation sites (tertiary alicyclic amines) is 1. The summed E-state index contributed by atoms with van der Waals surface area (Å²) < 4.78 is 29.4. The van der Waals surface area contributed by atoms with Crippen LogP contribution in [0.4, 0.5) is 0 Å². The Bertz CT molecular complexity index is 1420. The number of nitrogens with one attached hydrogen (secondary N) is 2. The van der Waals surface area contributed by atoms with Crippen LogP contribution in [-0.4, -0.2) is 81.0 Å². The first-order valence-electron chi connectivity index (χ1n) is 14.3. The first kappa shape index (κ1) is 30.0. The average Bonchev–Trinajstić information content (AvgIpc) is 3.04. The summed E-state index contributed by atoms with van der Waals surface area (Å²) in [5, 5.41) is 15.3. The second kappa shape index (κ2) is 13.7. The predicted molar refractivity (Wildman–Crippen MR) is 158 cm³/mol. The molecule has 43 heavy (non-hydrogen) atoms. The Morgan fingerprint density at radius 2 is 1.56 bits per heavy atom. The smallest absolute Gasteiger partial charge is 0.264 e. The molecule has 7 heterocycles. The first-order chi connectivity index (χ1) is 20.9. The second-order valence-electron chi connectivity index (χ2n) is 10.4. The lowest BCUT2D eigenvalue weighted by Gasteiger charge is -2.40. The maximum Gasteiger partial charge on any atom is 0.264 e. The van der Waals surface area contributed by atoms with Gasteiger partial charge in [-0.3, -0.25) is 9.59 Å². The zero-order valence-electron chi connectivity index (χ0n) is 24.4. The number of hydrogen-bond acceptors (Lipinski definition) is 9. The predicted octanol–water partition coefficient (Wildman–Crippen LogP) is 3.14. The van der Waals surface area contributed by atoms with E-state index in [-0.39, 0.29) is 38.1 Å². The van der Waals surface area contributed by atoms with Gasteiger partial charge in [0.2, 0.25) is 0 Å². The van der Waals surface area contributed by atoms with E-state index >= 15 is 0 Å². The molecule has 0 saturated carbocycles. The third-order valence-corrected chi connectivity index (χ3v) is 7.61. The first-order valence-corrected chi connectivity index (χ1v) is 14.3. The third kappa shape index (κ3) is 7.12. The van der Waals surface area contributed by atoms with Crippen LogP contribution in [0.3, 0.4) is 0 Å². The minimum Gasteiger partial charge on any atom is -0.493 e. The number of ether oxygens (including phenoxy) is 5. The van der Waals surface area contributed by atoms with Gasteiger partial charge in [0, 0.05) is 44.6 Å². The van der Waals surface area contributed by atoms with Gasteiger partial charge in [0.1, 0.15) is 18.1 Å². The molecule has 0 radical (unpaired) electrons. The van der Waals surface area contributed by atoms with Gasteiger partial charge in [0.05, 0.1) is 27.4 Å². The zero-order valence-corrected chi connectivity index (χ0v) is 24.4. The fourth-order valence-corrected chi connectivity index (χ4v) is 5.18. The molecule has 1 spiro atoms. The molecule has 11 nitrogen and oxygen atoms in total. The number of amides is 2. The van der Waals surface area contributed by atoms with Crippen molar-refractivity contribution < 1.29 is 38.4 Å². The van der Waals surface area contributed by atoms with Gasteiger partial charge < -0.3 is 44.3 Å². The van der Waals surface area contributed by atoms with Crippen molar-refractivity contribution in [2.24, 2.45) is 0 Å². The summed E-state index contributed by atoms with van der Waals surface area (Å²) >= 11 is 0. The van der Waals surface area contributed by atoms with Gasteiger partial charge >= 0.3 is 0 Å². The van der Waals surface area contributed by atoms with Crippen LogP contribution in [0.2, 0.25) is 0 Å². The van der Waals surface area contributed by atoms with E-state index in [1.165, 1.54) is 7.11 Å². The maximum absolute atomic E-state index is 13.7. The van der Waals surface area contributed by atoms with Crippen molar-refractivity contribution in [2.75, 3.05) is 53.6 Å². The lowest BCUT2D eigenvalue weighted by atomic mass is 9.89. The van der Waals surface area contributed by atoms with E-state index in [9.17, 15) is 14.7 Å². The lowest BCUT2D eigenvalue weighted by Crippen LogP contribution is -2.57. The number of carbonyl (C=O) groups excluding carboxylic acids is 2. The monoisotopic (exact) mass is 591 g/mol. The Labute approximate surface area is 250 Å². The van der Waals surface area contributed by atoms with Crippen LogP contribution in [0.15, 0.2) is 60.7 Å². The van der Waals surface area contributed by atoms with Gasteiger partial charge in [0.25, 0.3) is 11.8 Å². The molecule has 2 amide bonds. The summed E-state index contributed by atoms with van der Waals surface area (Å²) in [6, 6.07) is 17.4. The minimum absolute atomic E-state index is 0.0603. The van der Waals surface area contributed by atoms with Crippen molar-refractivity contribution in [1.82, 2.24) is 15.5 Å². The molecule has 0 aromatic heterocycles. The summed E-state index contributed by atoms with van der Waals surface area (Å²) in [6.45, 7) is 2.64. The molecule has 3 aromatic rings. The third-order valence-electron chi connectivity index (χ3n) is 7.61. The Kier molecular flexibility index (Phi) is 9.53. The molecular weight excluding hydrogens is 554 g/mol. The maximum atomic E-state index is 13.7. The molecule has 1 fully saturated rings. The van der Waals surface area contributed by atoms with Crippen molar-refractivity contribution >= 4 is 11.8 Å². The Morgan fingerprint density at radius 1 is 0.884 bits per heavy atom. The van der Waals surface area contributed by atoms with Crippen LogP contribution < -0.4 is 34.3 Å². The highest BCUT2D eigenvalue weighted by molar-refractivity contribution is 5.94. The number of rotatable bonds is 4. The number of piperidine rings is 1. The summed E-state index contributed by atoms with van der Waals surface area (Å²) in [7, 11) is 3.05. The average molecular weight is 592 g/mol. The molecular formula is C32H37N3O8. The largest absolute Gasteiger partial charge is 0.493 e. The zero-order chi connectivity index (χ0) is 30.2. The fraction of sp³-hybridized carbons (Fsp3) is 0.375. The number of aliphatic hydroxyl groups is 1. The highest BCUT2D eigenvalue weighted by Crippen LogP contribution is 2.37. The van der Waals surface area contributed by atoms with Crippen molar-refractivity contribution in [3.8, 4) is 34.5 Å². The quantitative estimate of drug-likeness (QED) is 0.419. The van der Waals surface area contributed by atoms with Gasteiger partial charge in [-0.15, -0.1) is 0 Å². The normalized spacial score (nSPS) is 17.4.